The van der Waals surface area contributed by atoms with Gasteiger partial charge in [0.15, 0.2) is 0 Å². The number of amidine groups is 1. The van der Waals surface area contributed by atoms with Crippen molar-refractivity contribution in [2.24, 2.45) is 5.73 Å². The molecule has 4 nitrogen and oxygen atoms in total. The number of hydrogen-bond donors (Lipinski definition) is 2. The molecule has 1 aromatic heterocycles. The molecule has 1 aromatic rings. The van der Waals surface area contributed by atoms with E-state index in [1.165, 1.54) is 0 Å². The third-order valence-electron chi connectivity index (χ3n) is 2.48. The van der Waals surface area contributed by atoms with Gasteiger partial charge in [0, 0.05) is 29.6 Å². The highest BCUT2D eigenvalue weighted by molar-refractivity contribution is 8.00. The van der Waals surface area contributed by atoms with Crippen LogP contribution in [0.15, 0.2) is 23.2 Å². The second-order valence-electron chi connectivity index (χ2n) is 3.72. The number of nitrogens with one attached hydrogen (secondary N) is 1. The smallest absolute Gasteiger partial charge is 0.141 e. The number of aromatic nitrogens is 1. The van der Waals surface area contributed by atoms with Crippen molar-refractivity contribution in [2.45, 2.75) is 23.0 Å². The van der Waals surface area contributed by atoms with Crippen molar-refractivity contribution in [1.82, 2.24) is 4.98 Å². The van der Waals surface area contributed by atoms with Gasteiger partial charge < -0.3 is 10.5 Å². The number of pyridine rings is 1. The second kappa shape index (κ2) is 5.32. The zero-order valence-corrected chi connectivity index (χ0v) is 9.80. The van der Waals surface area contributed by atoms with Crippen molar-refractivity contribution in [2.75, 3.05) is 13.2 Å². The van der Waals surface area contributed by atoms with Crippen molar-refractivity contribution in [3.63, 3.8) is 0 Å². The van der Waals surface area contributed by atoms with Crippen molar-refractivity contribution in [1.29, 1.82) is 5.41 Å². The third-order valence-corrected chi connectivity index (χ3v) is 3.80. The number of rotatable bonds is 3. The number of nitrogens with zero attached hydrogens (tertiary/aromatic N) is 1. The van der Waals surface area contributed by atoms with Crippen LogP contribution >= 0.6 is 11.8 Å². The molecule has 5 heteroatoms. The fourth-order valence-corrected chi connectivity index (χ4v) is 2.67. The Morgan fingerprint density at radius 3 is 2.75 bits per heavy atom. The Labute approximate surface area is 99.1 Å². The molecule has 0 unspecified atom stereocenters. The van der Waals surface area contributed by atoms with Crippen LogP contribution in [0.25, 0.3) is 0 Å². The fraction of sp³-hybridized carbons (Fsp3) is 0.455. The summed E-state index contributed by atoms with van der Waals surface area (Å²) in [5, 5.41) is 7.87. The van der Waals surface area contributed by atoms with E-state index in [9.17, 15) is 0 Å². The molecular formula is C11H15N3OS. The van der Waals surface area contributed by atoms with E-state index in [4.69, 9.17) is 15.9 Å². The predicted molar refractivity (Wildman–Crippen MR) is 65.0 cm³/mol. The molecule has 86 valence electrons. The van der Waals surface area contributed by atoms with Crippen LogP contribution in [0.5, 0.6) is 0 Å². The summed E-state index contributed by atoms with van der Waals surface area (Å²) in [5.74, 6) is 0.0163. The maximum atomic E-state index is 7.25. The van der Waals surface area contributed by atoms with E-state index in [-0.39, 0.29) is 5.84 Å². The molecule has 0 amide bonds. The first-order valence-electron chi connectivity index (χ1n) is 5.30. The summed E-state index contributed by atoms with van der Waals surface area (Å²) in [7, 11) is 0. The quantitative estimate of drug-likeness (QED) is 0.619. The lowest BCUT2D eigenvalue weighted by atomic mass is 10.2. The lowest BCUT2D eigenvalue weighted by molar-refractivity contribution is 0.100. The Balaban J connectivity index is 1.96. The van der Waals surface area contributed by atoms with E-state index in [0.29, 0.717) is 10.9 Å². The molecule has 0 spiro atoms. The number of hydrogen-bond acceptors (Lipinski definition) is 4. The van der Waals surface area contributed by atoms with Gasteiger partial charge in [0.05, 0.1) is 0 Å². The molecule has 1 saturated heterocycles. The average Bonchev–Trinajstić information content (AvgIpc) is 2.31. The van der Waals surface area contributed by atoms with E-state index in [2.05, 4.69) is 4.98 Å². The molecule has 1 aliphatic rings. The van der Waals surface area contributed by atoms with E-state index in [1.807, 2.05) is 17.8 Å². The van der Waals surface area contributed by atoms with Gasteiger partial charge in [0.1, 0.15) is 11.5 Å². The average molecular weight is 237 g/mol. The fourth-order valence-electron chi connectivity index (χ4n) is 1.60. The third kappa shape index (κ3) is 2.96. The van der Waals surface area contributed by atoms with Crippen molar-refractivity contribution in [3.05, 3.63) is 24.0 Å². The lowest BCUT2D eigenvalue weighted by Gasteiger charge is -2.21. The van der Waals surface area contributed by atoms with Crippen LogP contribution in [0.3, 0.4) is 0 Å². The predicted octanol–water partition coefficient (Wildman–Crippen LogP) is 1.64. The zero-order valence-electron chi connectivity index (χ0n) is 8.98. The molecule has 0 radical (unpaired) electrons. The van der Waals surface area contributed by atoms with Crippen LogP contribution in [-0.4, -0.2) is 29.3 Å². The van der Waals surface area contributed by atoms with Gasteiger partial charge in [-0.3, -0.25) is 10.4 Å². The first-order chi connectivity index (χ1) is 7.75. The molecular weight excluding hydrogens is 222 g/mol. The summed E-state index contributed by atoms with van der Waals surface area (Å²) in [4.78, 5) is 5.28. The van der Waals surface area contributed by atoms with E-state index in [0.717, 1.165) is 31.0 Å². The summed E-state index contributed by atoms with van der Waals surface area (Å²) in [6.45, 7) is 1.72. The van der Waals surface area contributed by atoms with E-state index in [1.54, 1.807) is 12.3 Å². The highest BCUT2D eigenvalue weighted by Crippen LogP contribution is 2.29. The molecule has 0 aliphatic carbocycles. The molecule has 0 bridgehead atoms. The van der Waals surface area contributed by atoms with Gasteiger partial charge in [0.25, 0.3) is 0 Å². The van der Waals surface area contributed by atoms with Gasteiger partial charge in [-0.15, -0.1) is 11.8 Å². The van der Waals surface area contributed by atoms with Crippen LogP contribution in [0, 0.1) is 5.41 Å². The van der Waals surface area contributed by atoms with Crippen LogP contribution in [-0.2, 0) is 4.74 Å². The number of thioether (sulfide) groups is 1. The number of nitrogen functional groups attached to an aromatic ring is 1. The molecule has 0 saturated carbocycles. The first-order valence-corrected chi connectivity index (χ1v) is 6.18. The molecule has 3 N–H and O–H groups in total. The molecule has 2 heterocycles. The SMILES string of the molecule is N=C(N)c1ccc(SC2CCOCC2)cn1. The van der Waals surface area contributed by atoms with Crippen LogP contribution in [0.2, 0.25) is 0 Å². The minimum Gasteiger partial charge on any atom is -0.382 e. The van der Waals surface area contributed by atoms with Gasteiger partial charge in [-0.05, 0) is 25.0 Å². The van der Waals surface area contributed by atoms with Gasteiger partial charge in [0.2, 0.25) is 0 Å². The monoisotopic (exact) mass is 237 g/mol. The summed E-state index contributed by atoms with van der Waals surface area (Å²) in [6.07, 6.45) is 3.98. The van der Waals surface area contributed by atoms with Crippen molar-refractivity contribution in [3.8, 4) is 0 Å². The first kappa shape index (κ1) is 11.4. The van der Waals surface area contributed by atoms with E-state index >= 15 is 0 Å². The summed E-state index contributed by atoms with van der Waals surface area (Å²) >= 11 is 1.83. The summed E-state index contributed by atoms with van der Waals surface area (Å²) < 4.78 is 5.31. The van der Waals surface area contributed by atoms with Crippen molar-refractivity contribution < 1.29 is 4.74 Å². The van der Waals surface area contributed by atoms with Crippen LogP contribution < -0.4 is 5.73 Å². The Morgan fingerprint density at radius 1 is 1.44 bits per heavy atom. The van der Waals surface area contributed by atoms with E-state index < -0.39 is 0 Å². The Hall–Kier alpha value is -1.07. The molecule has 0 atom stereocenters. The highest BCUT2D eigenvalue weighted by atomic mass is 32.2. The van der Waals surface area contributed by atoms with Gasteiger partial charge in [-0.25, -0.2) is 0 Å². The number of nitrogens with two attached hydrogens (primary N) is 1. The molecule has 2 rings (SSSR count). The minimum atomic E-state index is 0.0163. The normalized spacial score (nSPS) is 17.2. The van der Waals surface area contributed by atoms with Crippen LogP contribution in [0.1, 0.15) is 18.5 Å². The molecule has 16 heavy (non-hydrogen) atoms. The van der Waals surface area contributed by atoms with Gasteiger partial charge in [-0.1, -0.05) is 0 Å². The Kier molecular flexibility index (Phi) is 3.79. The van der Waals surface area contributed by atoms with Gasteiger partial charge >= 0.3 is 0 Å². The summed E-state index contributed by atoms with van der Waals surface area (Å²) in [6, 6.07) is 3.77. The topological polar surface area (TPSA) is 72.0 Å². The minimum absolute atomic E-state index is 0.0163. The molecule has 1 aliphatic heterocycles. The summed E-state index contributed by atoms with van der Waals surface area (Å²) in [5.41, 5.74) is 5.88. The van der Waals surface area contributed by atoms with Crippen LogP contribution in [0.4, 0.5) is 0 Å². The van der Waals surface area contributed by atoms with Crippen molar-refractivity contribution >= 4 is 17.6 Å². The Bertz CT molecular complexity index is 360. The molecule has 1 fully saturated rings. The maximum absolute atomic E-state index is 7.25. The largest absolute Gasteiger partial charge is 0.382 e. The number of ether oxygens (including phenoxy) is 1. The van der Waals surface area contributed by atoms with Gasteiger partial charge in [-0.2, -0.15) is 0 Å². The second-order valence-corrected chi connectivity index (χ2v) is 5.10. The highest BCUT2D eigenvalue weighted by Gasteiger charge is 2.15. The lowest BCUT2D eigenvalue weighted by Crippen LogP contribution is -2.17. The zero-order chi connectivity index (χ0) is 11.4. The molecule has 0 aromatic carbocycles. The maximum Gasteiger partial charge on any atom is 0.141 e. The standard InChI is InChI=1S/C11H15N3OS/c12-11(13)10-2-1-9(7-14-10)16-8-3-5-15-6-4-8/h1-2,7-8H,3-6H2,(H3,12,13). The Morgan fingerprint density at radius 2 is 2.19 bits per heavy atom.